The molecular weight excluding hydrogens is 447 g/mol. The quantitative estimate of drug-likeness (QED) is 0.436. The number of carbonyl (C=O) groups excluding carboxylic acids is 1. The number of nitrogens with one attached hydrogen (secondary N) is 1. The minimum atomic E-state index is -0.613. The number of amides is 1. The lowest BCUT2D eigenvalue weighted by Crippen LogP contribution is -2.16. The van der Waals surface area contributed by atoms with Crippen molar-refractivity contribution < 1.29 is 9.18 Å². The average molecular weight is 468 g/mol. The number of nitrogens with zero attached hydrogens (tertiary/aromatic N) is 7. The molecule has 2 aliphatic rings. The highest BCUT2D eigenvalue weighted by Gasteiger charge is 2.32. The van der Waals surface area contributed by atoms with E-state index in [1.165, 1.54) is 12.1 Å². The number of anilines is 1. The molecule has 1 amide bonds. The second kappa shape index (κ2) is 8.13. The topological polar surface area (TPSA) is 94.9 Å². The first-order valence-electron chi connectivity index (χ1n) is 11.5. The zero-order valence-electron chi connectivity index (χ0n) is 18.9. The third-order valence-electron chi connectivity index (χ3n) is 6.47. The van der Waals surface area contributed by atoms with Gasteiger partial charge in [-0.25, -0.2) is 25.5 Å². The fraction of sp³-hybridized carbons (Fsp3) is 0.280. The molecule has 4 aromatic rings. The van der Waals surface area contributed by atoms with Crippen molar-refractivity contribution in [3.05, 3.63) is 82.7 Å². The van der Waals surface area contributed by atoms with Crippen LogP contribution in [0.25, 0.3) is 22.1 Å². The molecule has 174 valence electrons. The second-order valence-corrected chi connectivity index (χ2v) is 8.92. The summed E-state index contributed by atoms with van der Waals surface area (Å²) in [5, 5.41) is 11.1. The van der Waals surface area contributed by atoms with Crippen LogP contribution in [0.5, 0.6) is 0 Å². The zero-order valence-corrected chi connectivity index (χ0v) is 18.9. The van der Waals surface area contributed by atoms with Gasteiger partial charge in [0, 0.05) is 18.5 Å². The maximum Gasteiger partial charge on any atom is 0.305 e. The van der Waals surface area contributed by atoms with Crippen LogP contribution in [-0.4, -0.2) is 35.2 Å². The van der Waals surface area contributed by atoms with Gasteiger partial charge in [-0.1, -0.05) is 6.07 Å². The number of halogens is 1. The summed E-state index contributed by atoms with van der Waals surface area (Å²) < 4.78 is 18.4. The number of carbonyl (C=O) groups is 1. The third-order valence-corrected chi connectivity index (χ3v) is 6.47. The maximum atomic E-state index is 14.8. The van der Waals surface area contributed by atoms with Crippen molar-refractivity contribution in [1.29, 1.82) is 0 Å². The average Bonchev–Trinajstić information content (AvgIpc) is 3.25. The predicted octanol–water partition coefficient (Wildman–Crippen LogP) is 4.47. The Balaban J connectivity index is 1.28. The van der Waals surface area contributed by atoms with E-state index >= 15 is 0 Å². The number of hydrogen-bond acceptors (Lipinski definition) is 5. The largest absolute Gasteiger partial charge is 0.306 e. The number of aryl methyl sites for hydroxylation is 2. The van der Waals surface area contributed by atoms with Gasteiger partial charge in [0.1, 0.15) is 23.2 Å². The van der Waals surface area contributed by atoms with Crippen LogP contribution < -0.4 is 5.32 Å². The van der Waals surface area contributed by atoms with E-state index in [1.807, 2.05) is 10.8 Å². The summed E-state index contributed by atoms with van der Waals surface area (Å²) in [6, 6.07) is 7.99. The summed E-state index contributed by atoms with van der Waals surface area (Å²) in [6.07, 6.45) is 6.92. The van der Waals surface area contributed by atoms with Gasteiger partial charge >= 0.3 is 6.17 Å². The third kappa shape index (κ3) is 3.75. The van der Waals surface area contributed by atoms with Gasteiger partial charge < -0.3 is 9.88 Å². The number of pyridine rings is 1. The monoisotopic (exact) mass is 468 g/mol. The van der Waals surface area contributed by atoms with Crippen molar-refractivity contribution in [3.63, 3.8) is 0 Å². The Morgan fingerprint density at radius 1 is 1.23 bits per heavy atom. The molecule has 1 fully saturated rings. The molecule has 3 aromatic heterocycles. The van der Waals surface area contributed by atoms with Gasteiger partial charge in [-0.15, -0.1) is 10.2 Å². The van der Waals surface area contributed by atoms with E-state index in [9.17, 15) is 9.18 Å². The van der Waals surface area contributed by atoms with Crippen LogP contribution in [-0.2, 0) is 6.42 Å². The van der Waals surface area contributed by atoms with Crippen molar-refractivity contribution >= 4 is 11.7 Å². The van der Waals surface area contributed by atoms with E-state index in [0.717, 1.165) is 24.4 Å². The molecule has 1 atom stereocenters. The highest BCUT2D eigenvalue weighted by Crippen LogP contribution is 2.39. The summed E-state index contributed by atoms with van der Waals surface area (Å²) in [5.74, 6) is 0.747. The van der Waals surface area contributed by atoms with Crippen LogP contribution in [0.2, 0.25) is 0 Å². The summed E-state index contributed by atoms with van der Waals surface area (Å²) >= 11 is 0. The van der Waals surface area contributed by atoms with Gasteiger partial charge in [0.15, 0.2) is 5.82 Å². The molecule has 0 saturated heterocycles. The van der Waals surface area contributed by atoms with Crippen molar-refractivity contribution in [2.45, 2.75) is 44.7 Å². The maximum absolute atomic E-state index is 14.8. The molecule has 0 bridgehead atoms. The fourth-order valence-electron chi connectivity index (χ4n) is 4.48. The molecule has 1 aromatic carbocycles. The molecule has 0 spiro atoms. The summed E-state index contributed by atoms with van der Waals surface area (Å²) in [4.78, 5) is 25.6. The first kappa shape index (κ1) is 21.2. The lowest BCUT2D eigenvalue weighted by molar-refractivity contribution is 0.102. The number of aromatic nitrogens is 6. The van der Waals surface area contributed by atoms with Crippen LogP contribution in [0.3, 0.4) is 0 Å². The number of benzene rings is 1. The number of hydrogen-bond donors (Lipinski definition) is 1. The molecule has 6 rings (SSSR count). The molecule has 1 N–H and O–H groups in total. The Labute approximate surface area is 200 Å². The van der Waals surface area contributed by atoms with E-state index < -0.39 is 11.7 Å². The SMILES string of the molecule is [C-]#[N+][C@@H]1CCc2nnc(-c3cccc(NC(=O)c4cc(-n5cnc(C6CC6)c5)c(C)cc4F)n3)n21. The minimum absolute atomic E-state index is 0.0871. The minimum Gasteiger partial charge on any atom is -0.306 e. The number of rotatable bonds is 5. The summed E-state index contributed by atoms with van der Waals surface area (Å²) in [5.41, 5.74) is 2.81. The summed E-state index contributed by atoms with van der Waals surface area (Å²) in [7, 11) is 0. The highest BCUT2D eigenvalue weighted by atomic mass is 19.1. The van der Waals surface area contributed by atoms with Crippen LogP contribution >= 0.6 is 0 Å². The zero-order chi connectivity index (χ0) is 24.1. The predicted molar refractivity (Wildman–Crippen MR) is 125 cm³/mol. The van der Waals surface area contributed by atoms with E-state index in [-0.39, 0.29) is 17.5 Å². The molecule has 4 heterocycles. The molecule has 1 saturated carbocycles. The van der Waals surface area contributed by atoms with E-state index in [1.54, 1.807) is 36.0 Å². The Hall–Kier alpha value is -4.39. The molecule has 0 unspecified atom stereocenters. The standard InChI is InChI=1S/C25H21FN8O/c1-14-10-17(26)16(11-20(14)33-12-19(28-13-33)15-6-7-15)25(35)30-21-5-3-4-18(29-21)24-32-31-23-9-8-22(27-2)34(23)24/h3-5,10-13,15,22H,6-9H2,1H3,(H,29,30,35)/t22-/m0/s1. The van der Waals surface area contributed by atoms with E-state index in [2.05, 4.69) is 30.3 Å². The van der Waals surface area contributed by atoms with Gasteiger partial charge in [-0.05, 0) is 49.6 Å². The van der Waals surface area contributed by atoms with Gasteiger partial charge in [0.2, 0.25) is 0 Å². The summed E-state index contributed by atoms with van der Waals surface area (Å²) in [6.45, 7) is 9.23. The Kier molecular flexibility index (Phi) is 4.91. The normalized spacial score (nSPS) is 16.7. The molecule has 1 aliphatic heterocycles. The van der Waals surface area contributed by atoms with Crippen LogP contribution in [0.15, 0.2) is 42.9 Å². The number of imidazole rings is 1. The lowest BCUT2D eigenvalue weighted by Gasteiger charge is -2.12. The van der Waals surface area contributed by atoms with Crippen molar-refractivity contribution in [2.24, 2.45) is 0 Å². The first-order valence-corrected chi connectivity index (χ1v) is 11.5. The number of fused-ring (bicyclic) bond motifs is 1. The van der Waals surface area contributed by atoms with Crippen LogP contribution in [0.1, 0.15) is 58.8 Å². The van der Waals surface area contributed by atoms with Gasteiger partial charge in [-0.2, -0.15) is 0 Å². The van der Waals surface area contributed by atoms with Gasteiger partial charge in [0.25, 0.3) is 5.91 Å². The molecule has 1 aliphatic carbocycles. The van der Waals surface area contributed by atoms with Gasteiger partial charge in [-0.3, -0.25) is 9.64 Å². The molecule has 35 heavy (non-hydrogen) atoms. The Morgan fingerprint density at radius 3 is 2.89 bits per heavy atom. The second-order valence-electron chi connectivity index (χ2n) is 8.92. The fourth-order valence-corrected chi connectivity index (χ4v) is 4.48. The van der Waals surface area contributed by atoms with Crippen molar-refractivity contribution in [3.8, 4) is 17.2 Å². The lowest BCUT2D eigenvalue weighted by atomic mass is 10.1. The van der Waals surface area contributed by atoms with Gasteiger partial charge in [0.05, 0.1) is 29.7 Å². The Morgan fingerprint density at radius 2 is 2.09 bits per heavy atom. The van der Waals surface area contributed by atoms with Crippen molar-refractivity contribution in [2.75, 3.05) is 5.32 Å². The first-order chi connectivity index (χ1) is 17.0. The molecule has 0 radical (unpaired) electrons. The van der Waals surface area contributed by atoms with Crippen LogP contribution in [0, 0.1) is 19.3 Å². The van der Waals surface area contributed by atoms with E-state index in [4.69, 9.17) is 6.57 Å². The van der Waals surface area contributed by atoms with Crippen LogP contribution in [0.4, 0.5) is 10.2 Å². The van der Waals surface area contributed by atoms with E-state index in [0.29, 0.717) is 41.5 Å². The van der Waals surface area contributed by atoms with Crippen molar-refractivity contribution in [1.82, 2.24) is 29.3 Å². The highest BCUT2D eigenvalue weighted by molar-refractivity contribution is 6.04. The Bertz CT molecular complexity index is 1510. The molecule has 9 nitrogen and oxygen atoms in total. The smallest absolute Gasteiger partial charge is 0.305 e. The molecule has 10 heteroatoms. The molecular formula is C25H21FN8O.